The number of carbonyl (C=O) groups is 2. The molecular formula is C30H37N5O4. The van der Waals surface area contributed by atoms with E-state index in [1.165, 1.54) is 5.56 Å². The molecule has 1 aliphatic carbocycles. The van der Waals surface area contributed by atoms with E-state index in [0.717, 1.165) is 62.4 Å². The van der Waals surface area contributed by atoms with Crippen molar-refractivity contribution in [1.29, 1.82) is 0 Å². The fourth-order valence-corrected chi connectivity index (χ4v) is 4.97. The first kappa shape index (κ1) is 26.7. The summed E-state index contributed by atoms with van der Waals surface area (Å²) in [5.41, 5.74) is 4.70. The van der Waals surface area contributed by atoms with Crippen LogP contribution >= 0.6 is 0 Å². The van der Waals surface area contributed by atoms with Crippen LogP contribution in [0.2, 0.25) is 0 Å². The van der Waals surface area contributed by atoms with Gasteiger partial charge in [0, 0.05) is 64.7 Å². The summed E-state index contributed by atoms with van der Waals surface area (Å²) in [4.78, 5) is 28.6. The van der Waals surface area contributed by atoms with Crippen molar-refractivity contribution < 1.29 is 19.1 Å². The molecule has 2 aliphatic rings. The van der Waals surface area contributed by atoms with Gasteiger partial charge in [0.2, 0.25) is 5.91 Å². The van der Waals surface area contributed by atoms with Gasteiger partial charge in [0.1, 0.15) is 12.3 Å². The third-order valence-electron chi connectivity index (χ3n) is 7.47. The minimum Gasteiger partial charge on any atom is -0.493 e. The van der Waals surface area contributed by atoms with Crippen LogP contribution in [0.1, 0.15) is 58.6 Å². The molecule has 0 radical (unpaired) electrons. The molecule has 2 amide bonds. The van der Waals surface area contributed by atoms with Gasteiger partial charge in [-0.2, -0.15) is 5.10 Å². The third-order valence-corrected chi connectivity index (χ3v) is 7.47. The molecule has 0 atom stereocenters. The molecule has 0 unspecified atom stereocenters. The van der Waals surface area contributed by atoms with Crippen molar-refractivity contribution in [3.63, 3.8) is 0 Å². The van der Waals surface area contributed by atoms with E-state index >= 15 is 0 Å². The summed E-state index contributed by atoms with van der Waals surface area (Å²) in [7, 11) is 3.42. The number of ether oxygens (including phenoxy) is 2. The number of amides is 2. The van der Waals surface area contributed by atoms with E-state index in [0.29, 0.717) is 36.3 Å². The lowest BCUT2D eigenvalue weighted by molar-refractivity contribution is -0.130. The zero-order valence-electron chi connectivity index (χ0n) is 23.0. The van der Waals surface area contributed by atoms with E-state index in [1.54, 1.807) is 25.8 Å². The fraction of sp³-hybridized carbons (Fsp3) is 0.433. The number of hydrogen-bond donors (Lipinski definition) is 1. The number of methoxy groups -OCH3 is 1. The number of piperazine rings is 1. The number of aromatic nitrogens is 2. The minimum atomic E-state index is -0.161. The first-order valence-electron chi connectivity index (χ1n) is 13.6. The second kappa shape index (κ2) is 11.9. The summed E-state index contributed by atoms with van der Waals surface area (Å²) in [6, 6.07) is 16.0. The standard InChI is InChI=1S/C30H37N5O4/c1-21(36)35-15-13-34(14-16-35)19-22-7-9-23(10-8-22)20-39-28-6-4-5-25(29(28)38-3)18-31-30(37)27-17-26(24-11-12-24)32-33(27)2/h4-10,17,24H,11-16,18-20H2,1-3H3,(H,31,37). The number of rotatable bonds is 10. The van der Waals surface area contributed by atoms with E-state index in [1.807, 2.05) is 29.2 Å². The van der Waals surface area contributed by atoms with Gasteiger partial charge in [-0.15, -0.1) is 0 Å². The number of nitrogens with zero attached hydrogens (tertiary/aromatic N) is 4. The van der Waals surface area contributed by atoms with E-state index in [-0.39, 0.29) is 11.8 Å². The summed E-state index contributed by atoms with van der Waals surface area (Å²) >= 11 is 0. The van der Waals surface area contributed by atoms with Gasteiger partial charge in [0.05, 0.1) is 12.8 Å². The van der Waals surface area contributed by atoms with Gasteiger partial charge in [-0.1, -0.05) is 36.4 Å². The number of benzene rings is 2. The van der Waals surface area contributed by atoms with Crippen molar-refractivity contribution >= 4 is 11.8 Å². The molecule has 39 heavy (non-hydrogen) atoms. The van der Waals surface area contributed by atoms with Crippen LogP contribution in [0.3, 0.4) is 0 Å². The minimum absolute atomic E-state index is 0.151. The van der Waals surface area contributed by atoms with E-state index in [9.17, 15) is 9.59 Å². The van der Waals surface area contributed by atoms with Crippen molar-refractivity contribution in [2.45, 2.75) is 45.4 Å². The molecule has 0 spiro atoms. The van der Waals surface area contributed by atoms with Gasteiger partial charge in [-0.3, -0.25) is 19.2 Å². The monoisotopic (exact) mass is 531 g/mol. The second-order valence-corrected chi connectivity index (χ2v) is 10.4. The predicted molar refractivity (Wildman–Crippen MR) is 148 cm³/mol. The summed E-state index contributed by atoms with van der Waals surface area (Å²) in [5, 5.41) is 7.48. The Balaban J connectivity index is 1.15. The maximum absolute atomic E-state index is 12.8. The Morgan fingerprint density at radius 2 is 1.74 bits per heavy atom. The van der Waals surface area contributed by atoms with Crippen LogP contribution < -0.4 is 14.8 Å². The molecule has 1 saturated heterocycles. The van der Waals surface area contributed by atoms with Gasteiger partial charge in [-0.25, -0.2) is 0 Å². The van der Waals surface area contributed by atoms with E-state index in [2.05, 4.69) is 39.6 Å². The number of aryl methyl sites for hydroxylation is 1. The highest BCUT2D eigenvalue weighted by molar-refractivity contribution is 5.92. The Bertz CT molecular complexity index is 1310. The molecule has 1 aliphatic heterocycles. The second-order valence-electron chi connectivity index (χ2n) is 10.4. The summed E-state index contributed by atoms with van der Waals surface area (Å²) in [5.74, 6) is 1.73. The summed E-state index contributed by atoms with van der Waals surface area (Å²) in [6.45, 7) is 6.59. The van der Waals surface area contributed by atoms with E-state index in [4.69, 9.17) is 9.47 Å². The molecule has 9 nitrogen and oxygen atoms in total. The maximum atomic E-state index is 12.8. The zero-order valence-corrected chi connectivity index (χ0v) is 23.0. The molecule has 2 heterocycles. The average molecular weight is 532 g/mol. The molecule has 1 saturated carbocycles. The van der Waals surface area contributed by atoms with Crippen molar-refractivity contribution in [3.8, 4) is 11.5 Å². The zero-order chi connectivity index (χ0) is 27.4. The maximum Gasteiger partial charge on any atom is 0.269 e. The van der Waals surface area contributed by atoms with Crippen LogP contribution in [0.5, 0.6) is 11.5 Å². The lowest BCUT2D eigenvalue weighted by Crippen LogP contribution is -2.47. The topological polar surface area (TPSA) is 88.9 Å². The Labute approximate surface area is 229 Å². The third kappa shape index (κ3) is 6.60. The highest BCUT2D eigenvalue weighted by Crippen LogP contribution is 2.39. The Morgan fingerprint density at radius 1 is 1.03 bits per heavy atom. The fourth-order valence-electron chi connectivity index (χ4n) is 4.97. The number of carbonyl (C=O) groups excluding carboxylic acids is 2. The van der Waals surface area contributed by atoms with Crippen LogP contribution in [0, 0.1) is 0 Å². The molecule has 1 N–H and O–H groups in total. The van der Waals surface area contributed by atoms with Crippen LogP contribution in [0.4, 0.5) is 0 Å². The van der Waals surface area contributed by atoms with Crippen molar-refractivity contribution in [1.82, 2.24) is 24.9 Å². The van der Waals surface area contributed by atoms with Crippen LogP contribution in [-0.4, -0.2) is 64.7 Å². The lowest BCUT2D eigenvalue weighted by Gasteiger charge is -2.34. The Hall–Kier alpha value is -3.85. The number of hydrogen-bond acceptors (Lipinski definition) is 6. The first-order chi connectivity index (χ1) is 18.9. The van der Waals surface area contributed by atoms with Crippen LogP contribution in [0.15, 0.2) is 48.5 Å². The molecule has 1 aromatic heterocycles. The normalized spacial score (nSPS) is 15.7. The lowest BCUT2D eigenvalue weighted by atomic mass is 10.1. The van der Waals surface area contributed by atoms with Crippen molar-refractivity contribution in [3.05, 3.63) is 76.6 Å². The van der Waals surface area contributed by atoms with Crippen LogP contribution in [-0.2, 0) is 31.5 Å². The van der Waals surface area contributed by atoms with Gasteiger partial charge in [-0.05, 0) is 36.1 Å². The predicted octanol–water partition coefficient (Wildman–Crippen LogP) is 3.48. The van der Waals surface area contributed by atoms with Gasteiger partial charge >= 0.3 is 0 Å². The number of para-hydroxylation sites is 1. The first-order valence-corrected chi connectivity index (χ1v) is 13.6. The highest BCUT2D eigenvalue weighted by atomic mass is 16.5. The van der Waals surface area contributed by atoms with Crippen molar-refractivity contribution in [2.24, 2.45) is 7.05 Å². The molecule has 5 rings (SSSR count). The molecule has 2 aromatic carbocycles. The van der Waals surface area contributed by atoms with Gasteiger partial charge < -0.3 is 19.7 Å². The Kier molecular flexibility index (Phi) is 8.16. The molecule has 3 aromatic rings. The quantitative estimate of drug-likeness (QED) is 0.431. The molecule has 9 heteroatoms. The van der Waals surface area contributed by atoms with E-state index < -0.39 is 0 Å². The molecule has 206 valence electrons. The number of nitrogens with one attached hydrogen (secondary N) is 1. The van der Waals surface area contributed by atoms with Gasteiger partial charge in [0.25, 0.3) is 5.91 Å². The molecule has 0 bridgehead atoms. The highest BCUT2D eigenvalue weighted by Gasteiger charge is 2.28. The largest absolute Gasteiger partial charge is 0.493 e. The van der Waals surface area contributed by atoms with Crippen molar-refractivity contribution in [2.75, 3.05) is 33.3 Å². The SMILES string of the molecule is COc1c(CNC(=O)c2cc(C3CC3)nn2C)cccc1OCc1ccc(CN2CCN(C(C)=O)CC2)cc1. The summed E-state index contributed by atoms with van der Waals surface area (Å²) < 4.78 is 13.5. The van der Waals surface area contributed by atoms with Gasteiger partial charge in [0.15, 0.2) is 11.5 Å². The summed E-state index contributed by atoms with van der Waals surface area (Å²) in [6.07, 6.45) is 2.29. The smallest absolute Gasteiger partial charge is 0.269 e. The average Bonchev–Trinajstić information content (AvgIpc) is 3.72. The molecule has 2 fully saturated rings. The molecular weight excluding hydrogens is 494 g/mol. The Morgan fingerprint density at radius 3 is 2.41 bits per heavy atom. The van der Waals surface area contributed by atoms with Crippen LogP contribution in [0.25, 0.3) is 0 Å².